The summed E-state index contributed by atoms with van der Waals surface area (Å²) in [7, 11) is 0. The number of hydrogen-bond donors (Lipinski definition) is 0. The maximum Gasteiger partial charge on any atom is 0.0991 e. The molecule has 0 amide bonds. The fourth-order valence-electron chi connectivity index (χ4n) is 8.10. The topological polar surface area (TPSA) is 27.0 Å². The predicted molar refractivity (Wildman–Crippen MR) is 238 cm³/mol. The SMILES string of the molecule is N#Cc1ccc(-c2ccc(-c3ccc(N(c4ccc5ccc6c7ccccc7sc6c5c4)c4ccc5ccc6c7ccccc7sc6c5c4)cc3)cc2)cc1. The van der Waals surface area contributed by atoms with Crippen molar-refractivity contribution in [2.75, 3.05) is 4.90 Å². The highest BCUT2D eigenvalue weighted by molar-refractivity contribution is 7.27. The first kappa shape index (κ1) is 31.7. The zero-order chi connectivity index (χ0) is 36.5. The van der Waals surface area contributed by atoms with Gasteiger partial charge in [0.05, 0.1) is 11.6 Å². The van der Waals surface area contributed by atoms with Gasteiger partial charge in [0.15, 0.2) is 0 Å². The van der Waals surface area contributed by atoms with Crippen LogP contribution in [0.2, 0.25) is 0 Å². The van der Waals surface area contributed by atoms with E-state index in [-0.39, 0.29) is 0 Å². The molecule has 0 aliphatic heterocycles. The van der Waals surface area contributed by atoms with Crippen molar-refractivity contribution in [2.45, 2.75) is 0 Å². The highest BCUT2D eigenvalue weighted by Crippen LogP contribution is 2.44. The first-order valence-corrected chi connectivity index (χ1v) is 20.0. The molecular formula is C51H30N2S2. The minimum Gasteiger partial charge on any atom is -0.310 e. The van der Waals surface area contributed by atoms with E-state index < -0.39 is 0 Å². The molecule has 2 aromatic heterocycles. The Hall–Kier alpha value is -6.77. The van der Waals surface area contributed by atoms with E-state index in [0.29, 0.717) is 5.56 Å². The molecule has 2 heterocycles. The molecule has 0 unspecified atom stereocenters. The number of thiophene rings is 2. The summed E-state index contributed by atoms with van der Waals surface area (Å²) in [6.07, 6.45) is 0. The van der Waals surface area contributed by atoms with E-state index in [0.717, 1.165) is 39.3 Å². The fraction of sp³-hybridized carbons (Fsp3) is 0. The van der Waals surface area contributed by atoms with Crippen molar-refractivity contribution < 1.29 is 0 Å². The van der Waals surface area contributed by atoms with Crippen LogP contribution in [-0.4, -0.2) is 0 Å². The molecule has 2 nitrogen and oxygen atoms in total. The molecule has 4 heteroatoms. The number of fused-ring (bicyclic) bond motifs is 10. The molecule has 55 heavy (non-hydrogen) atoms. The summed E-state index contributed by atoms with van der Waals surface area (Å²) >= 11 is 3.76. The van der Waals surface area contributed by atoms with Crippen LogP contribution < -0.4 is 4.90 Å². The number of nitrogens with zero attached hydrogens (tertiary/aromatic N) is 2. The van der Waals surface area contributed by atoms with Gasteiger partial charge in [-0.15, -0.1) is 22.7 Å². The Morgan fingerprint density at radius 1 is 0.364 bits per heavy atom. The molecule has 9 aromatic carbocycles. The van der Waals surface area contributed by atoms with Gasteiger partial charge in [-0.05, 0) is 93.7 Å². The van der Waals surface area contributed by atoms with Crippen LogP contribution in [-0.2, 0) is 0 Å². The van der Waals surface area contributed by atoms with Crippen molar-refractivity contribution in [2.24, 2.45) is 0 Å². The zero-order valence-electron chi connectivity index (χ0n) is 29.5. The van der Waals surface area contributed by atoms with E-state index in [9.17, 15) is 5.26 Å². The van der Waals surface area contributed by atoms with Crippen LogP contribution in [0.4, 0.5) is 17.1 Å². The molecule has 0 saturated heterocycles. The second kappa shape index (κ2) is 12.7. The predicted octanol–water partition coefficient (Wildman–Crippen LogP) is 15.4. The van der Waals surface area contributed by atoms with Crippen LogP contribution in [0.5, 0.6) is 0 Å². The molecular weight excluding hydrogens is 705 g/mol. The Labute approximate surface area is 326 Å². The Morgan fingerprint density at radius 3 is 1.24 bits per heavy atom. The zero-order valence-corrected chi connectivity index (χ0v) is 31.2. The second-order valence-electron chi connectivity index (χ2n) is 14.0. The molecule has 0 saturated carbocycles. The van der Waals surface area contributed by atoms with E-state index >= 15 is 0 Å². The van der Waals surface area contributed by atoms with Gasteiger partial charge in [0, 0.05) is 68.2 Å². The third-order valence-corrected chi connectivity index (χ3v) is 13.3. The lowest BCUT2D eigenvalue weighted by Gasteiger charge is -2.26. The van der Waals surface area contributed by atoms with Gasteiger partial charge in [0.1, 0.15) is 0 Å². The van der Waals surface area contributed by atoms with E-state index in [1.165, 1.54) is 61.9 Å². The molecule has 11 aromatic rings. The van der Waals surface area contributed by atoms with Crippen LogP contribution in [0.3, 0.4) is 0 Å². The van der Waals surface area contributed by atoms with Crippen LogP contribution in [0.1, 0.15) is 5.56 Å². The molecule has 0 atom stereocenters. The van der Waals surface area contributed by atoms with Crippen molar-refractivity contribution in [1.29, 1.82) is 5.26 Å². The number of anilines is 3. The summed E-state index contributed by atoms with van der Waals surface area (Å²) in [5.41, 5.74) is 8.57. The monoisotopic (exact) mass is 734 g/mol. The summed E-state index contributed by atoms with van der Waals surface area (Å²) < 4.78 is 5.28. The maximum atomic E-state index is 9.20. The molecule has 0 N–H and O–H groups in total. The van der Waals surface area contributed by atoms with E-state index in [1.807, 2.05) is 46.9 Å². The smallest absolute Gasteiger partial charge is 0.0991 e. The summed E-state index contributed by atoms with van der Waals surface area (Å²) in [6.45, 7) is 0. The van der Waals surface area contributed by atoms with Crippen LogP contribution in [0, 0.1) is 11.3 Å². The summed E-state index contributed by atoms with van der Waals surface area (Å²) in [5, 5.41) is 19.5. The van der Waals surface area contributed by atoms with Gasteiger partial charge < -0.3 is 4.90 Å². The minimum atomic E-state index is 0.670. The fourth-order valence-corrected chi connectivity index (χ4v) is 10.6. The number of rotatable bonds is 5. The van der Waals surface area contributed by atoms with Crippen molar-refractivity contribution in [1.82, 2.24) is 0 Å². The highest BCUT2D eigenvalue weighted by Gasteiger charge is 2.18. The minimum absolute atomic E-state index is 0.670. The Balaban J connectivity index is 1.06. The number of benzene rings is 9. The summed E-state index contributed by atoms with van der Waals surface area (Å²) in [6, 6.07) is 68.0. The van der Waals surface area contributed by atoms with Gasteiger partial charge in [-0.25, -0.2) is 0 Å². The quantitative estimate of drug-likeness (QED) is 0.176. The maximum absolute atomic E-state index is 9.20. The van der Waals surface area contributed by atoms with Crippen molar-refractivity contribution in [3.63, 3.8) is 0 Å². The summed E-state index contributed by atoms with van der Waals surface area (Å²) in [4.78, 5) is 2.41. The molecule has 0 aliphatic rings. The number of nitriles is 1. The van der Waals surface area contributed by atoms with E-state index in [1.54, 1.807) is 0 Å². The number of hydrogen-bond acceptors (Lipinski definition) is 4. The van der Waals surface area contributed by atoms with Gasteiger partial charge in [-0.3, -0.25) is 0 Å². The first-order valence-electron chi connectivity index (χ1n) is 18.4. The van der Waals surface area contributed by atoms with Gasteiger partial charge in [0.2, 0.25) is 0 Å². The van der Waals surface area contributed by atoms with Crippen molar-refractivity contribution >= 4 is 102 Å². The standard InChI is InChI=1S/C51H30N2S2/c52-31-32-9-11-33(12-10-32)34-13-15-35(16-14-34)36-17-23-39(24-18-36)53(40-25-19-37-21-27-44-42-5-1-3-7-48(42)54-50(44)46(37)29-40)41-26-20-38-22-28-45-43-6-2-4-8-49(43)55-51(45)47(38)30-41/h1-30H. The lowest BCUT2D eigenvalue weighted by atomic mass is 9.99. The molecule has 0 bridgehead atoms. The van der Waals surface area contributed by atoms with Gasteiger partial charge in [-0.1, -0.05) is 121 Å². The van der Waals surface area contributed by atoms with E-state index in [4.69, 9.17) is 0 Å². The Bertz CT molecular complexity index is 3160. The molecule has 0 aliphatic carbocycles. The van der Waals surface area contributed by atoms with Crippen molar-refractivity contribution in [3.05, 3.63) is 188 Å². The average molecular weight is 735 g/mol. The van der Waals surface area contributed by atoms with Crippen molar-refractivity contribution in [3.8, 4) is 28.3 Å². The Morgan fingerprint density at radius 2 is 0.764 bits per heavy atom. The van der Waals surface area contributed by atoms with Crippen LogP contribution in [0.15, 0.2) is 182 Å². The molecule has 256 valence electrons. The van der Waals surface area contributed by atoms with E-state index in [2.05, 4.69) is 169 Å². The third kappa shape index (κ3) is 5.28. The molecule has 11 rings (SSSR count). The molecule has 0 radical (unpaired) electrons. The van der Waals surface area contributed by atoms with Crippen LogP contribution >= 0.6 is 22.7 Å². The first-order chi connectivity index (χ1) is 27.2. The lowest BCUT2D eigenvalue weighted by molar-refractivity contribution is 1.30. The Kier molecular flexibility index (Phi) is 7.31. The average Bonchev–Trinajstić information content (AvgIpc) is 3.83. The summed E-state index contributed by atoms with van der Waals surface area (Å²) in [5.74, 6) is 0. The largest absolute Gasteiger partial charge is 0.310 e. The molecule has 0 fully saturated rings. The van der Waals surface area contributed by atoms with Gasteiger partial charge in [0.25, 0.3) is 0 Å². The third-order valence-electron chi connectivity index (χ3n) is 10.9. The normalized spacial score (nSPS) is 11.6. The second-order valence-corrected chi connectivity index (χ2v) is 16.1. The van der Waals surface area contributed by atoms with Gasteiger partial charge in [-0.2, -0.15) is 5.26 Å². The molecule has 0 spiro atoms. The highest BCUT2D eigenvalue weighted by atomic mass is 32.1. The van der Waals surface area contributed by atoms with Crippen LogP contribution in [0.25, 0.3) is 84.1 Å². The lowest BCUT2D eigenvalue weighted by Crippen LogP contribution is -2.10. The van der Waals surface area contributed by atoms with Gasteiger partial charge >= 0.3 is 0 Å².